The lowest BCUT2D eigenvalue weighted by molar-refractivity contribution is -0.120. The number of rotatable bonds is 5. The molecule has 1 amide bonds. The summed E-state index contributed by atoms with van der Waals surface area (Å²) in [5, 5.41) is 3.60. The molecular weight excluding hydrogens is 288 g/mol. The van der Waals surface area contributed by atoms with Crippen molar-refractivity contribution in [1.29, 1.82) is 0 Å². The zero-order valence-corrected chi connectivity index (χ0v) is 13.4. The Balaban J connectivity index is 1.85. The highest BCUT2D eigenvalue weighted by atomic mass is 35.5. The summed E-state index contributed by atoms with van der Waals surface area (Å²) >= 11 is 6.05. The quantitative estimate of drug-likeness (QED) is 0.907. The first-order valence-corrected chi connectivity index (χ1v) is 7.76. The van der Waals surface area contributed by atoms with Gasteiger partial charge >= 0.3 is 0 Å². The predicted octanol–water partition coefficient (Wildman–Crippen LogP) is 2.28. The number of carbonyl (C=O) groups is 1. The Morgan fingerprint density at radius 1 is 1.57 bits per heavy atom. The van der Waals surface area contributed by atoms with Crippen molar-refractivity contribution >= 4 is 17.5 Å². The monoisotopic (exact) mass is 310 g/mol. The van der Waals surface area contributed by atoms with Gasteiger partial charge in [0.15, 0.2) is 0 Å². The first-order chi connectivity index (χ1) is 10.0. The van der Waals surface area contributed by atoms with Crippen LogP contribution in [0.15, 0.2) is 24.3 Å². The molecule has 5 heteroatoms. The summed E-state index contributed by atoms with van der Waals surface area (Å²) in [6.45, 7) is 7.79. The normalized spacial score (nSPS) is 21.0. The molecule has 0 bridgehead atoms. The maximum Gasteiger partial charge on any atom is 0.216 e. The van der Waals surface area contributed by atoms with Crippen LogP contribution in [0.4, 0.5) is 0 Å². The maximum atomic E-state index is 11.0. The lowest BCUT2D eigenvalue weighted by atomic mass is 10.0. The summed E-state index contributed by atoms with van der Waals surface area (Å²) in [6.07, 6.45) is 0.0780. The molecule has 4 nitrogen and oxygen atoms in total. The Bertz CT molecular complexity index is 481. The first kappa shape index (κ1) is 16.3. The van der Waals surface area contributed by atoms with Crippen molar-refractivity contribution in [3.8, 4) is 0 Å². The molecule has 0 unspecified atom stereocenters. The Morgan fingerprint density at radius 2 is 2.38 bits per heavy atom. The molecule has 1 heterocycles. The van der Waals surface area contributed by atoms with Gasteiger partial charge < -0.3 is 10.1 Å². The van der Waals surface area contributed by atoms with E-state index in [-0.39, 0.29) is 12.0 Å². The van der Waals surface area contributed by atoms with Crippen molar-refractivity contribution in [1.82, 2.24) is 10.2 Å². The smallest absolute Gasteiger partial charge is 0.216 e. The van der Waals surface area contributed by atoms with E-state index in [1.807, 2.05) is 18.2 Å². The van der Waals surface area contributed by atoms with Gasteiger partial charge in [-0.25, -0.2) is 0 Å². The zero-order valence-electron chi connectivity index (χ0n) is 12.6. The lowest BCUT2D eigenvalue weighted by Gasteiger charge is -2.34. The molecule has 116 valence electrons. The van der Waals surface area contributed by atoms with Crippen molar-refractivity contribution in [2.24, 2.45) is 0 Å². The number of ether oxygens (including phenoxy) is 1. The molecule has 1 saturated heterocycles. The van der Waals surface area contributed by atoms with Crippen LogP contribution in [0.2, 0.25) is 5.02 Å². The molecule has 0 saturated carbocycles. The highest BCUT2D eigenvalue weighted by Gasteiger charge is 2.22. The minimum atomic E-state index is -0.0111. The van der Waals surface area contributed by atoms with Crippen LogP contribution < -0.4 is 5.32 Å². The minimum Gasteiger partial charge on any atom is -0.374 e. The second kappa shape index (κ2) is 7.78. The van der Waals surface area contributed by atoms with Crippen LogP contribution in [0.1, 0.15) is 25.3 Å². The number of benzene rings is 1. The Morgan fingerprint density at radius 3 is 3.10 bits per heavy atom. The fraction of sp³-hybridized carbons (Fsp3) is 0.562. The summed E-state index contributed by atoms with van der Waals surface area (Å²) in [5.74, 6) is 0.409. The highest BCUT2D eigenvalue weighted by Crippen LogP contribution is 2.21. The number of hydrogen-bond acceptors (Lipinski definition) is 3. The molecule has 2 rings (SSSR count). The fourth-order valence-corrected chi connectivity index (χ4v) is 2.83. The molecular formula is C16H23ClN2O2. The second-order valence-electron chi connectivity index (χ2n) is 5.65. The molecule has 2 atom stereocenters. The van der Waals surface area contributed by atoms with E-state index in [4.69, 9.17) is 16.3 Å². The summed E-state index contributed by atoms with van der Waals surface area (Å²) in [7, 11) is 0. The molecule has 1 fully saturated rings. The van der Waals surface area contributed by atoms with E-state index in [9.17, 15) is 4.79 Å². The fourth-order valence-electron chi connectivity index (χ4n) is 2.63. The molecule has 21 heavy (non-hydrogen) atoms. The van der Waals surface area contributed by atoms with Crippen molar-refractivity contribution < 1.29 is 9.53 Å². The average molecular weight is 311 g/mol. The van der Waals surface area contributed by atoms with Crippen molar-refractivity contribution in [3.63, 3.8) is 0 Å². The molecule has 1 aliphatic rings. The molecule has 1 aromatic carbocycles. The van der Waals surface area contributed by atoms with Crippen molar-refractivity contribution in [3.05, 3.63) is 34.9 Å². The third kappa shape index (κ3) is 5.30. The van der Waals surface area contributed by atoms with Crippen molar-refractivity contribution in [2.45, 2.75) is 25.9 Å². The average Bonchev–Trinajstić information content (AvgIpc) is 2.45. The van der Waals surface area contributed by atoms with Gasteiger partial charge in [-0.3, -0.25) is 9.69 Å². The van der Waals surface area contributed by atoms with Crippen LogP contribution in [0.5, 0.6) is 0 Å². The lowest BCUT2D eigenvalue weighted by Crippen LogP contribution is -2.48. The van der Waals surface area contributed by atoms with Gasteiger partial charge in [-0.2, -0.15) is 0 Å². The number of nitrogens with one attached hydrogen (secondary N) is 1. The number of morpholine rings is 1. The van der Waals surface area contributed by atoms with Gasteiger partial charge in [0.2, 0.25) is 5.91 Å². The first-order valence-electron chi connectivity index (χ1n) is 7.38. The van der Waals surface area contributed by atoms with Crippen LogP contribution in [-0.4, -0.2) is 49.7 Å². The number of hydrogen-bond donors (Lipinski definition) is 1. The summed E-state index contributed by atoms with van der Waals surface area (Å²) < 4.78 is 5.69. The molecule has 1 aliphatic heterocycles. The SMILES string of the molecule is CC(=O)NC[C@H]1CN(C[C@@H](C)c2cccc(Cl)c2)CCO1. The summed E-state index contributed by atoms with van der Waals surface area (Å²) in [5.41, 5.74) is 1.26. The maximum absolute atomic E-state index is 11.0. The van der Waals surface area contributed by atoms with Gasteiger partial charge in [-0.1, -0.05) is 30.7 Å². The topological polar surface area (TPSA) is 41.6 Å². The van der Waals surface area contributed by atoms with Gasteiger partial charge in [0.1, 0.15) is 0 Å². The summed E-state index contributed by atoms with van der Waals surface area (Å²) in [4.78, 5) is 13.4. The van der Waals surface area contributed by atoms with E-state index >= 15 is 0 Å². The Hall–Kier alpha value is -1.10. The van der Waals surface area contributed by atoms with E-state index in [2.05, 4.69) is 23.2 Å². The van der Waals surface area contributed by atoms with Crippen LogP contribution in [0, 0.1) is 0 Å². The van der Waals surface area contributed by atoms with Gasteiger partial charge in [0.25, 0.3) is 0 Å². The van der Waals surface area contributed by atoms with Crippen molar-refractivity contribution in [2.75, 3.05) is 32.8 Å². The number of halogens is 1. The molecule has 0 aromatic heterocycles. The van der Waals surface area contributed by atoms with Crippen LogP contribution >= 0.6 is 11.6 Å². The van der Waals surface area contributed by atoms with E-state index in [1.54, 1.807) is 0 Å². The number of carbonyl (C=O) groups excluding carboxylic acids is 1. The van der Waals surface area contributed by atoms with Crippen LogP contribution in [0.25, 0.3) is 0 Å². The summed E-state index contributed by atoms with van der Waals surface area (Å²) in [6, 6.07) is 8.04. The Kier molecular flexibility index (Phi) is 6.03. The van der Waals surface area contributed by atoms with Gasteiger partial charge in [-0.15, -0.1) is 0 Å². The highest BCUT2D eigenvalue weighted by molar-refractivity contribution is 6.30. The van der Waals surface area contributed by atoms with E-state index in [1.165, 1.54) is 12.5 Å². The third-order valence-corrected chi connectivity index (χ3v) is 3.99. The Labute approximate surface area is 131 Å². The van der Waals surface area contributed by atoms with Gasteiger partial charge in [0.05, 0.1) is 12.7 Å². The minimum absolute atomic E-state index is 0.0111. The molecule has 0 aliphatic carbocycles. The molecule has 0 spiro atoms. The zero-order chi connectivity index (χ0) is 15.2. The number of amides is 1. The standard InChI is InChI=1S/C16H23ClN2O2/c1-12(14-4-3-5-15(17)8-14)10-19-6-7-21-16(11-19)9-18-13(2)20/h3-5,8,12,16H,6-7,9-11H2,1-2H3,(H,18,20)/t12-,16+/m1/s1. The largest absolute Gasteiger partial charge is 0.374 e. The van der Waals surface area contributed by atoms with Gasteiger partial charge in [0, 0.05) is 38.1 Å². The number of nitrogens with zero attached hydrogens (tertiary/aromatic N) is 1. The molecule has 1 aromatic rings. The molecule has 1 N–H and O–H groups in total. The van der Waals surface area contributed by atoms with Crippen LogP contribution in [0.3, 0.4) is 0 Å². The third-order valence-electron chi connectivity index (χ3n) is 3.75. The predicted molar refractivity (Wildman–Crippen MR) is 84.7 cm³/mol. The van der Waals surface area contributed by atoms with Crippen LogP contribution in [-0.2, 0) is 9.53 Å². The van der Waals surface area contributed by atoms with E-state index in [0.29, 0.717) is 19.1 Å². The van der Waals surface area contributed by atoms with E-state index in [0.717, 1.165) is 24.7 Å². The van der Waals surface area contributed by atoms with E-state index < -0.39 is 0 Å². The second-order valence-corrected chi connectivity index (χ2v) is 6.08. The molecule has 0 radical (unpaired) electrons. The van der Waals surface area contributed by atoms with Gasteiger partial charge in [-0.05, 0) is 23.6 Å².